The molecular formula is C15H20ClNO2. The van der Waals surface area contributed by atoms with Crippen LogP contribution in [-0.2, 0) is 4.79 Å². The van der Waals surface area contributed by atoms with Crippen molar-refractivity contribution in [2.75, 3.05) is 13.7 Å². The highest BCUT2D eigenvalue weighted by molar-refractivity contribution is 6.31. The third-order valence-corrected chi connectivity index (χ3v) is 4.22. The second-order valence-corrected chi connectivity index (χ2v) is 5.69. The number of halogens is 1. The number of likely N-dealkylation sites (N-methyl/N-ethyl adjacent to an activating group) is 1. The van der Waals surface area contributed by atoms with Gasteiger partial charge in [-0.15, -0.1) is 0 Å². The fraction of sp³-hybridized carbons (Fsp3) is 0.533. The fourth-order valence-electron chi connectivity index (χ4n) is 2.08. The summed E-state index contributed by atoms with van der Waals surface area (Å²) in [4.78, 5) is 13.8. The predicted octanol–water partition coefficient (Wildman–Crippen LogP) is 3.28. The van der Waals surface area contributed by atoms with Gasteiger partial charge in [0.05, 0.1) is 0 Å². The third kappa shape index (κ3) is 3.63. The number of hydrogen-bond acceptors (Lipinski definition) is 2. The Kier molecular flexibility index (Phi) is 4.35. The van der Waals surface area contributed by atoms with Gasteiger partial charge in [-0.3, -0.25) is 4.79 Å². The summed E-state index contributed by atoms with van der Waals surface area (Å²) in [5.41, 5.74) is 0.950. The SMILES string of the molecule is Cc1cc(OCC(=O)N(C)C(C)C2CC2)ccc1Cl. The average Bonchev–Trinajstić information content (AvgIpc) is 3.22. The van der Waals surface area contributed by atoms with Crippen LogP contribution in [0.15, 0.2) is 18.2 Å². The van der Waals surface area contributed by atoms with Gasteiger partial charge in [-0.1, -0.05) is 11.6 Å². The fourth-order valence-corrected chi connectivity index (χ4v) is 2.19. The van der Waals surface area contributed by atoms with E-state index in [2.05, 4.69) is 6.92 Å². The van der Waals surface area contributed by atoms with E-state index in [1.807, 2.05) is 20.0 Å². The molecular weight excluding hydrogens is 262 g/mol. The molecule has 1 aliphatic rings. The van der Waals surface area contributed by atoms with Crippen molar-refractivity contribution in [1.82, 2.24) is 4.90 Å². The van der Waals surface area contributed by atoms with E-state index >= 15 is 0 Å². The average molecular weight is 282 g/mol. The first-order valence-electron chi connectivity index (χ1n) is 6.63. The van der Waals surface area contributed by atoms with Crippen molar-refractivity contribution in [3.8, 4) is 5.75 Å². The van der Waals surface area contributed by atoms with Crippen LogP contribution in [0.4, 0.5) is 0 Å². The van der Waals surface area contributed by atoms with Crippen LogP contribution in [0.25, 0.3) is 0 Å². The first kappa shape index (κ1) is 14.2. The smallest absolute Gasteiger partial charge is 0.260 e. The Morgan fingerprint density at radius 3 is 2.79 bits per heavy atom. The molecule has 0 radical (unpaired) electrons. The van der Waals surface area contributed by atoms with Crippen molar-refractivity contribution in [3.05, 3.63) is 28.8 Å². The summed E-state index contributed by atoms with van der Waals surface area (Å²) in [5.74, 6) is 1.38. The second-order valence-electron chi connectivity index (χ2n) is 5.28. The number of aryl methyl sites for hydroxylation is 1. The van der Waals surface area contributed by atoms with Crippen LogP contribution in [0.1, 0.15) is 25.3 Å². The second kappa shape index (κ2) is 5.83. The Balaban J connectivity index is 1.86. The van der Waals surface area contributed by atoms with Crippen LogP contribution in [-0.4, -0.2) is 30.5 Å². The van der Waals surface area contributed by atoms with E-state index in [0.717, 1.165) is 5.56 Å². The quantitative estimate of drug-likeness (QED) is 0.829. The molecule has 1 atom stereocenters. The Labute approximate surface area is 119 Å². The number of rotatable bonds is 5. The Morgan fingerprint density at radius 1 is 1.53 bits per heavy atom. The number of hydrogen-bond donors (Lipinski definition) is 0. The summed E-state index contributed by atoms with van der Waals surface area (Å²) in [6.45, 7) is 4.09. The van der Waals surface area contributed by atoms with E-state index in [1.54, 1.807) is 17.0 Å². The van der Waals surface area contributed by atoms with E-state index in [0.29, 0.717) is 22.7 Å². The number of amides is 1. The third-order valence-electron chi connectivity index (χ3n) is 3.80. The minimum absolute atomic E-state index is 0.0204. The van der Waals surface area contributed by atoms with Crippen molar-refractivity contribution in [3.63, 3.8) is 0 Å². The maximum absolute atomic E-state index is 12.0. The standard InChI is InChI=1S/C15H20ClNO2/c1-10-8-13(6-7-14(10)16)19-9-15(18)17(3)11(2)12-4-5-12/h6-8,11-12H,4-5,9H2,1-3H3. The highest BCUT2D eigenvalue weighted by atomic mass is 35.5. The van der Waals surface area contributed by atoms with Crippen LogP contribution in [0.5, 0.6) is 5.75 Å². The molecule has 19 heavy (non-hydrogen) atoms. The zero-order valence-electron chi connectivity index (χ0n) is 11.6. The molecule has 1 amide bonds. The van der Waals surface area contributed by atoms with Gasteiger partial charge in [0, 0.05) is 18.1 Å². The lowest BCUT2D eigenvalue weighted by Gasteiger charge is -2.24. The van der Waals surface area contributed by atoms with Gasteiger partial charge in [0.15, 0.2) is 6.61 Å². The van der Waals surface area contributed by atoms with E-state index < -0.39 is 0 Å². The number of carbonyl (C=O) groups excluding carboxylic acids is 1. The molecule has 1 fully saturated rings. The zero-order valence-corrected chi connectivity index (χ0v) is 12.4. The molecule has 1 unspecified atom stereocenters. The van der Waals surface area contributed by atoms with Crippen molar-refractivity contribution >= 4 is 17.5 Å². The molecule has 0 bridgehead atoms. The Hall–Kier alpha value is -1.22. The van der Waals surface area contributed by atoms with Crippen molar-refractivity contribution in [2.24, 2.45) is 5.92 Å². The molecule has 104 valence electrons. The highest BCUT2D eigenvalue weighted by Gasteiger charge is 2.32. The molecule has 1 saturated carbocycles. The van der Waals surface area contributed by atoms with Crippen LogP contribution < -0.4 is 4.74 Å². The first-order valence-corrected chi connectivity index (χ1v) is 7.01. The van der Waals surface area contributed by atoms with E-state index in [-0.39, 0.29) is 12.5 Å². The molecule has 1 aromatic carbocycles. The molecule has 0 aliphatic heterocycles. The van der Waals surface area contributed by atoms with Crippen molar-refractivity contribution < 1.29 is 9.53 Å². The molecule has 0 N–H and O–H groups in total. The van der Waals surface area contributed by atoms with Crippen molar-refractivity contribution in [2.45, 2.75) is 32.7 Å². The number of carbonyl (C=O) groups is 1. The summed E-state index contributed by atoms with van der Waals surface area (Å²) < 4.78 is 5.53. The monoisotopic (exact) mass is 281 g/mol. The van der Waals surface area contributed by atoms with Crippen LogP contribution in [0, 0.1) is 12.8 Å². The number of ether oxygens (including phenoxy) is 1. The van der Waals surface area contributed by atoms with Crippen LogP contribution in [0.2, 0.25) is 5.02 Å². The molecule has 0 heterocycles. The molecule has 0 aromatic heterocycles. The topological polar surface area (TPSA) is 29.5 Å². The van der Waals surface area contributed by atoms with E-state index in [4.69, 9.17) is 16.3 Å². The van der Waals surface area contributed by atoms with Gasteiger partial charge in [0.1, 0.15) is 5.75 Å². The normalized spacial score (nSPS) is 16.0. The zero-order chi connectivity index (χ0) is 14.0. The van der Waals surface area contributed by atoms with Gasteiger partial charge in [-0.2, -0.15) is 0 Å². The van der Waals surface area contributed by atoms with Gasteiger partial charge in [-0.05, 0) is 56.4 Å². The maximum Gasteiger partial charge on any atom is 0.260 e. The minimum Gasteiger partial charge on any atom is -0.484 e. The van der Waals surface area contributed by atoms with Crippen LogP contribution >= 0.6 is 11.6 Å². The lowest BCUT2D eigenvalue weighted by atomic mass is 10.2. The van der Waals surface area contributed by atoms with Gasteiger partial charge >= 0.3 is 0 Å². The maximum atomic E-state index is 12.0. The lowest BCUT2D eigenvalue weighted by molar-refractivity contribution is -0.134. The van der Waals surface area contributed by atoms with Crippen molar-refractivity contribution in [1.29, 1.82) is 0 Å². The minimum atomic E-state index is 0.0204. The molecule has 0 saturated heterocycles. The molecule has 1 aromatic rings. The number of benzene rings is 1. The molecule has 4 heteroatoms. The lowest BCUT2D eigenvalue weighted by Crippen LogP contribution is -2.39. The van der Waals surface area contributed by atoms with Gasteiger partial charge in [0.25, 0.3) is 5.91 Å². The summed E-state index contributed by atoms with van der Waals surface area (Å²) in [5, 5.41) is 0.707. The first-order chi connectivity index (χ1) is 8.99. The summed E-state index contributed by atoms with van der Waals surface area (Å²) in [7, 11) is 1.85. The Bertz CT molecular complexity index is 471. The molecule has 3 nitrogen and oxygen atoms in total. The highest BCUT2D eigenvalue weighted by Crippen LogP contribution is 2.34. The van der Waals surface area contributed by atoms with E-state index in [1.165, 1.54) is 12.8 Å². The summed E-state index contributed by atoms with van der Waals surface area (Å²) >= 11 is 5.95. The predicted molar refractivity (Wildman–Crippen MR) is 76.6 cm³/mol. The summed E-state index contributed by atoms with van der Waals surface area (Å²) in [6, 6.07) is 5.73. The summed E-state index contributed by atoms with van der Waals surface area (Å²) in [6.07, 6.45) is 2.46. The van der Waals surface area contributed by atoms with Crippen LogP contribution in [0.3, 0.4) is 0 Å². The van der Waals surface area contributed by atoms with Gasteiger partial charge < -0.3 is 9.64 Å². The number of nitrogens with zero attached hydrogens (tertiary/aromatic N) is 1. The van der Waals surface area contributed by atoms with E-state index in [9.17, 15) is 4.79 Å². The van der Waals surface area contributed by atoms with Gasteiger partial charge in [-0.25, -0.2) is 0 Å². The van der Waals surface area contributed by atoms with Gasteiger partial charge in [0.2, 0.25) is 0 Å². The largest absolute Gasteiger partial charge is 0.484 e. The molecule has 0 spiro atoms. The molecule has 1 aliphatic carbocycles. The molecule has 2 rings (SSSR count). The Morgan fingerprint density at radius 2 is 2.21 bits per heavy atom.